The lowest BCUT2D eigenvalue weighted by atomic mass is 9.86. The van der Waals surface area contributed by atoms with Crippen molar-refractivity contribution in [2.75, 3.05) is 19.8 Å². The molecule has 3 aliphatic rings. The first-order valence-corrected chi connectivity index (χ1v) is 12.3. The van der Waals surface area contributed by atoms with Gasteiger partial charge >= 0.3 is 6.09 Å². The Morgan fingerprint density at radius 1 is 0.941 bits per heavy atom. The Bertz CT molecular complexity index is 1190. The van der Waals surface area contributed by atoms with Gasteiger partial charge < -0.3 is 14.4 Å². The van der Waals surface area contributed by atoms with Gasteiger partial charge in [0.2, 0.25) is 0 Å². The van der Waals surface area contributed by atoms with E-state index in [-0.39, 0.29) is 29.6 Å². The van der Waals surface area contributed by atoms with E-state index in [2.05, 4.69) is 86.6 Å². The van der Waals surface area contributed by atoms with Crippen molar-refractivity contribution in [3.63, 3.8) is 0 Å². The van der Waals surface area contributed by atoms with Crippen LogP contribution in [-0.2, 0) is 15.9 Å². The summed E-state index contributed by atoms with van der Waals surface area (Å²) in [5, 5.41) is 0. The number of hydrogen-bond acceptors (Lipinski definition) is 3. The number of hydrogen-bond donors (Lipinski definition) is 0. The van der Waals surface area contributed by atoms with Gasteiger partial charge in [-0.05, 0) is 51.6 Å². The van der Waals surface area contributed by atoms with Crippen LogP contribution in [0.1, 0.15) is 54.5 Å². The Hall–Kier alpha value is -3.11. The van der Waals surface area contributed by atoms with Crippen LogP contribution in [0, 0.1) is 5.41 Å². The summed E-state index contributed by atoms with van der Waals surface area (Å²) in [6, 6.07) is 25.4. The normalized spacial score (nSPS) is 22.7. The molecule has 34 heavy (non-hydrogen) atoms. The standard InChI is InChI=1S/C30H31NO3/c1-30(2)17-27(28-21-10-4-3-9-20(21)15-16-33-28)31(19-30)29(32)34-18-26-24-13-7-5-11-22(24)23-12-6-8-14-25(23)26/h3-14,26-28H,15-19H2,1-2H3/t27-,28+/m1/s1. The molecule has 2 aliphatic heterocycles. The number of carbonyl (C=O) groups is 1. The van der Waals surface area contributed by atoms with Crippen LogP contribution >= 0.6 is 0 Å². The number of benzene rings is 3. The molecule has 4 nitrogen and oxygen atoms in total. The lowest BCUT2D eigenvalue weighted by molar-refractivity contribution is -0.0128. The molecule has 174 valence electrons. The van der Waals surface area contributed by atoms with Crippen molar-refractivity contribution in [3.05, 3.63) is 95.1 Å². The van der Waals surface area contributed by atoms with Crippen molar-refractivity contribution >= 4 is 6.09 Å². The van der Waals surface area contributed by atoms with Crippen LogP contribution in [0.5, 0.6) is 0 Å². The fourth-order valence-electron chi connectivity index (χ4n) is 6.21. The smallest absolute Gasteiger partial charge is 0.410 e. The van der Waals surface area contributed by atoms with Crippen LogP contribution in [-0.4, -0.2) is 36.8 Å². The second-order valence-corrected chi connectivity index (χ2v) is 10.6. The molecule has 0 saturated carbocycles. The van der Waals surface area contributed by atoms with Crippen molar-refractivity contribution in [1.29, 1.82) is 0 Å². The number of likely N-dealkylation sites (tertiary alicyclic amines) is 1. The van der Waals surface area contributed by atoms with E-state index in [4.69, 9.17) is 9.47 Å². The molecule has 2 atom stereocenters. The summed E-state index contributed by atoms with van der Waals surface area (Å²) in [5.41, 5.74) is 7.52. The van der Waals surface area contributed by atoms with Crippen LogP contribution in [0.15, 0.2) is 72.8 Å². The molecular weight excluding hydrogens is 422 g/mol. The Morgan fingerprint density at radius 3 is 2.26 bits per heavy atom. The number of nitrogens with zero attached hydrogens (tertiary/aromatic N) is 1. The zero-order valence-electron chi connectivity index (χ0n) is 19.9. The average molecular weight is 454 g/mol. The zero-order chi connectivity index (χ0) is 23.3. The molecule has 0 unspecified atom stereocenters. The molecule has 1 amide bonds. The summed E-state index contributed by atoms with van der Waals surface area (Å²) in [5.74, 6) is 0.0667. The van der Waals surface area contributed by atoms with Crippen molar-refractivity contribution in [3.8, 4) is 11.1 Å². The van der Waals surface area contributed by atoms with Gasteiger partial charge in [0.25, 0.3) is 0 Å². The van der Waals surface area contributed by atoms with Gasteiger partial charge in [0.15, 0.2) is 0 Å². The second-order valence-electron chi connectivity index (χ2n) is 10.6. The molecule has 0 N–H and O–H groups in total. The summed E-state index contributed by atoms with van der Waals surface area (Å²) >= 11 is 0. The molecule has 2 heterocycles. The third kappa shape index (κ3) is 3.61. The Balaban J connectivity index is 1.24. The molecule has 1 aliphatic carbocycles. The van der Waals surface area contributed by atoms with Gasteiger partial charge in [0, 0.05) is 12.5 Å². The Labute approximate surface area is 201 Å². The quantitative estimate of drug-likeness (QED) is 0.464. The number of carbonyl (C=O) groups excluding carboxylic acids is 1. The topological polar surface area (TPSA) is 38.8 Å². The van der Waals surface area contributed by atoms with Crippen LogP contribution in [0.4, 0.5) is 4.79 Å². The first-order chi connectivity index (χ1) is 16.5. The van der Waals surface area contributed by atoms with E-state index in [1.807, 2.05) is 4.90 Å². The monoisotopic (exact) mass is 453 g/mol. The highest BCUT2D eigenvalue weighted by atomic mass is 16.6. The van der Waals surface area contributed by atoms with Crippen molar-refractivity contribution in [1.82, 2.24) is 4.90 Å². The lowest BCUT2D eigenvalue weighted by Crippen LogP contribution is -2.42. The van der Waals surface area contributed by atoms with Crippen molar-refractivity contribution < 1.29 is 14.3 Å². The van der Waals surface area contributed by atoms with Crippen molar-refractivity contribution in [2.45, 2.75) is 44.8 Å². The first kappa shape index (κ1) is 21.4. The summed E-state index contributed by atoms with van der Waals surface area (Å²) < 4.78 is 12.3. The molecule has 3 aromatic rings. The minimum Gasteiger partial charge on any atom is -0.448 e. The van der Waals surface area contributed by atoms with Crippen LogP contribution in [0.2, 0.25) is 0 Å². The molecule has 0 aromatic heterocycles. The molecule has 1 saturated heterocycles. The molecule has 4 heteroatoms. The summed E-state index contributed by atoms with van der Waals surface area (Å²) in [6.45, 7) is 6.17. The number of amides is 1. The van der Waals surface area contributed by atoms with Crippen molar-refractivity contribution in [2.24, 2.45) is 5.41 Å². The number of rotatable bonds is 3. The van der Waals surface area contributed by atoms with Gasteiger partial charge in [-0.3, -0.25) is 0 Å². The predicted octanol–water partition coefficient (Wildman–Crippen LogP) is 6.35. The van der Waals surface area contributed by atoms with E-state index < -0.39 is 0 Å². The Morgan fingerprint density at radius 2 is 1.56 bits per heavy atom. The van der Waals surface area contributed by atoms with Gasteiger partial charge in [-0.1, -0.05) is 86.6 Å². The third-order valence-electron chi connectivity index (χ3n) is 7.71. The highest BCUT2D eigenvalue weighted by molar-refractivity contribution is 5.79. The van der Waals surface area contributed by atoms with E-state index in [1.165, 1.54) is 33.4 Å². The fraction of sp³-hybridized carbons (Fsp3) is 0.367. The summed E-state index contributed by atoms with van der Waals surface area (Å²) in [7, 11) is 0. The van der Waals surface area contributed by atoms with Gasteiger partial charge in [0.1, 0.15) is 12.7 Å². The largest absolute Gasteiger partial charge is 0.448 e. The minimum absolute atomic E-state index is 0.0198. The number of fused-ring (bicyclic) bond motifs is 4. The first-order valence-electron chi connectivity index (χ1n) is 12.3. The summed E-state index contributed by atoms with van der Waals surface area (Å²) in [4.78, 5) is 15.5. The molecule has 0 bridgehead atoms. The predicted molar refractivity (Wildman–Crippen MR) is 133 cm³/mol. The van der Waals surface area contributed by atoms with Gasteiger partial charge in [0.05, 0.1) is 12.6 Å². The summed E-state index contributed by atoms with van der Waals surface area (Å²) in [6.07, 6.45) is 1.49. The van der Waals surface area contributed by atoms with E-state index >= 15 is 0 Å². The van der Waals surface area contributed by atoms with Crippen LogP contribution in [0.25, 0.3) is 11.1 Å². The molecule has 0 radical (unpaired) electrons. The molecular formula is C30H31NO3. The van der Waals surface area contributed by atoms with E-state index in [0.717, 1.165) is 12.8 Å². The maximum Gasteiger partial charge on any atom is 0.410 e. The third-order valence-corrected chi connectivity index (χ3v) is 7.71. The molecule has 3 aromatic carbocycles. The molecule has 1 fully saturated rings. The second kappa shape index (κ2) is 8.28. The highest BCUT2D eigenvalue weighted by Gasteiger charge is 2.46. The van der Waals surface area contributed by atoms with E-state index in [0.29, 0.717) is 19.8 Å². The molecule has 0 spiro atoms. The van der Waals surface area contributed by atoms with Gasteiger partial charge in [-0.2, -0.15) is 0 Å². The van der Waals surface area contributed by atoms with E-state index in [1.54, 1.807) is 0 Å². The van der Waals surface area contributed by atoms with Crippen LogP contribution < -0.4 is 0 Å². The fourth-order valence-corrected chi connectivity index (χ4v) is 6.21. The maximum absolute atomic E-state index is 13.5. The van der Waals surface area contributed by atoms with Crippen LogP contribution in [0.3, 0.4) is 0 Å². The average Bonchev–Trinajstić information content (AvgIpc) is 3.36. The lowest BCUT2D eigenvalue weighted by Gasteiger charge is -2.35. The maximum atomic E-state index is 13.5. The zero-order valence-corrected chi connectivity index (χ0v) is 19.9. The van der Waals surface area contributed by atoms with Gasteiger partial charge in [-0.25, -0.2) is 4.79 Å². The number of ether oxygens (including phenoxy) is 2. The Kier molecular flexibility index (Phi) is 5.22. The molecule has 6 rings (SSSR count). The van der Waals surface area contributed by atoms with E-state index in [9.17, 15) is 4.79 Å². The minimum atomic E-state index is -0.232. The SMILES string of the molecule is CC1(C)C[C@H]([C@H]2OCCc3ccccc32)N(C(=O)OCC2c3ccccc3-c3ccccc32)C1. The highest BCUT2D eigenvalue weighted by Crippen LogP contribution is 2.46. The van der Waals surface area contributed by atoms with Gasteiger partial charge in [-0.15, -0.1) is 0 Å².